The standard InChI is InChI=1S/C22H28N4O6S/c1-30-12-5-13-33(28,29)18-10-8-16(9-11-18)21(26-32-17-6-3-4-7-17)22(27)25-19-14-24-20(31-2)15-23-19/h8-11,14-15,17H,3-7,12-13H2,1-2H3,(H,23,25,27)/b26-21+. The number of nitrogens with one attached hydrogen (secondary N) is 1. The van der Waals surface area contributed by atoms with Crippen LogP contribution < -0.4 is 10.1 Å². The smallest absolute Gasteiger partial charge is 0.279 e. The molecule has 0 unspecified atom stereocenters. The highest BCUT2D eigenvalue weighted by molar-refractivity contribution is 7.91. The van der Waals surface area contributed by atoms with Crippen LogP contribution >= 0.6 is 0 Å². The van der Waals surface area contributed by atoms with Gasteiger partial charge in [0.25, 0.3) is 5.91 Å². The number of carbonyl (C=O) groups excluding carboxylic acids is 1. The van der Waals surface area contributed by atoms with Crippen molar-refractivity contribution in [3.05, 3.63) is 42.2 Å². The Morgan fingerprint density at radius 2 is 1.85 bits per heavy atom. The Morgan fingerprint density at radius 3 is 2.45 bits per heavy atom. The number of sulfone groups is 1. The number of rotatable bonds is 11. The van der Waals surface area contributed by atoms with E-state index in [1.54, 1.807) is 12.1 Å². The maximum absolute atomic E-state index is 13.0. The molecule has 0 spiro atoms. The lowest BCUT2D eigenvalue weighted by molar-refractivity contribution is -0.110. The first-order chi connectivity index (χ1) is 15.9. The summed E-state index contributed by atoms with van der Waals surface area (Å²) < 4.78 is 34.9. The van der Waals surface area contributed by atoms with Gasteiger partial charge in [0.2, 0.25) is 5.88 Å². The van der Waals surface area contributed by atoms with Crippen LogP contribution in [0.2, 0.25) is 0 Å². The second-order valence-corrected chi connectivity index (χ2v) is 9.65. The lowest BCUT2D eigenvalue weighted by atomic mass is 10.1. The zero-order valence-electron chi connectivity index (χ0n) is 18.7. The molecule has 1 aromatic carbocycles. The summed E-state index contributed by atoms with van der Waals surface area (Å²) in [5.41, 5.74) is 0.436. The zero-order chi connectivity index (χ0) is 23.7. The minimum atomic E-state index is -3.46. The van der Waals surface area contributed by atoms with Crippen molar-refractivity contribution >= 4 is 27.3 Å². The van der Waals surface area contributed by atoms with Crippen LogP contribution in [0.4, 0.5) is 5.82 Å². The quantitative estimate of drug-likeness (QED) is 0.298. The molecule has 2 aromatic rings. The van der Waals surface area contributed by atoms with Crippen molar-refractivity contribution in [2.24, 2.45) is 5.16 Å². The number of amides is 1. The van der Waals surface area contributed by atoms with Crippen molar-refractivity contribution in [3.8, 4) is 5.88 Å². The third kappa shape index (κ3) is 6.96. The van der Waals surface area contributed by atoms with Crippen LogP contribution in [0.1, 0.15) is 37.7 Å². The van der Waals surface area contributed by atoms with Crippen molar-refractivity contribution in [1.82, 2.24) is 9.97 Å². The van der Waals surface area contributed by atoms with Crippen LogP contribution in [-0.4, -0.2) is 62.7 Å². The van der Waals surface area contributed by atoms with Gasteiger partial charge in [-0.3, -0.25) is 4.79 Å². The lowest BCUT2D eigenvalue weighted by Gasteiger charge is -2.11. The van der Waals surface area contributed by atoms with Gasteiger partial charge in [0, 0.05) is 19.3 Å². The number of nitrogens with zero attached hydrogens (tertiary/aromatic N) is 3. The number of ether oxygens (including phenoxy) is 2. The first-order valence-electron chi connectivity index (χ1n) is 10.7. The van der Waals surface area contributed by atoms with E-state index in [2.05, 4.69) is 20.4 Å². The first-order valence-corrected chi connectivity index (χ1v) is 12.3. The van der Waals surface area contributed by atoms with Crippen LogP contribution in [-0.2, 0) is 24.2 Å². The SMILES string of the molecule is COCCCS(=O)(=O)c1ccc(/C(=N\OC2CCCC2)C(=O)Nc2cnc(OC)cn2)cc1. The summed E-state index contributed by atoms with van der Waals surface area (Å²) in [7, 11) is -0.464. The molecule has 3 rings (SSSR count). The summed E-state index contributed by atoms with van der Waals surface area (Å²) in [6.45, 7) is 0.362. The van der Waals surface area contributed by atoms with Crippen LogP contribution in [0.25, 0.3) is 0 Å². The predicted octanol–water partition coefficient (Wildman–Crippen LogP) is 2.60. The highest BCUT2D eigenvalue weighted by atomic mass is 32.2. The molecule has 1 aliphatic rings. The third-order valence-corrected chi connectivity index (χ3v) is 6.95. The maximum Gasteiger partial charge on any atom is 0.279 e. The molecule has 0 aliphatic heterocycles. The summed E-state index contributed by atoms with van der Waals surface area (Å²) in [5.74, 6) is -0.0497. The van der Waals surface area contributed by atoms with Crippen LogP contribution in [0.5, 0.6) is 5.88 Å². The van der Waals surface area contributed by atoms with Crippen LogP contribution in [0.3, 0.4) is 0 Å². The van der Waals surface area contributed by atoms with Gasteiger partial charge in [-0.25, -0.2) is 18.4 Å². The average molecular weight is 477 g/mol. The van der Waals surface area contributed by atoms with E-state index in [1.165, 1.54) is 38.7 Å². The molecule has 33 heavy (non-hydrogen) atoms. The molecule has 178 valence electrons. The largest absolute Gasteiger partial charge is 0.480 e. The molecule has 1 aromatic heterocycles. The van der Waals surface area contributed by atoms with Gasteiger partial charge in [-0.15, -0.1) is 0 Å². The maximum atomic E-state index is 13.0. The molecule has 0 radical (unpaired) electrons. The number of hydrogen-bond donors (Lipinski definition) is 1. The van der Waals surface area contributed by atoms with E-state index in [-0.39, 0.29) is 28.3 Å². The number of benzene rings is 1. The summed E-state index contributed by atoms with van der Waals surface area (Å²) in [4.78, 5) is 26.9. The molecule has 1 amide bonds. The Kier molecular flexibility index (Phi) is 8.72. The van der Waals surface area contributed by atoms with Gasteiger partial charge in [0.1, 0.15) is 6.10 Å². The monoisotopic (exact) mass is 476 g/mol. The highest BCUT2D eigenvalue weighted by Gasteiger charge is 2.21. The average Bonchev–Trinajstić information content (AvgIpc) is 3.34. The molecular weight excluding hydrogens is 448 g/mol. The van der Waals surface area contributed by atoms with E-state index in [0.717, 1.165) is 25.7 Å². The van der Waals surface area contributed by atoms with Crippen LogP contribution in [0.15, 0.2) is 46.7 Å². The molecule has 0 bridgehead atoms. The first kappa shape index (κ1) is 24.6. The Labute approximate surface area is 193 Å². The number of anilines is 1. The fraction of sp³-hybridized carbons (Fsp3) is 0.455. The minimum Gasteiger partial charge on any atom is -0.480 e. The second-order valence-electron chi connectivity index (χ2n) is 7.54. The fourth-order valence-corrected chi connectivity index (χ4v) is 4.62. The van der Waals surface area contributed by atoms with Gasteiger partial charge >= 0.3 is 0 Å². The molecular formula is C22H28N4O6S. The number of methoxy groups -OCH3 is 2. The van der Waals surface area contributed by atoms with E-state index in [0.29, 0.717) is 24.5 Å². The molecule has 0 saturated heterocycles. The van der Waals surface area contributed by atoms with Gasteiger partial charge in [-0.05, 0) is 44.2 Å². The third-order valence-electron chi connectivity index (χ3n) is 5.14. The molecule has 1 heterocycles. The topological polar surface area (TPSA) is 129 Å². The van der Waals surface area contributed by atoms with Gasteiger partial charge in [0.05, 0.1) is 30.2 Å². The Hall–Kier alpha value is -3.05. The Morgan fingerprint density at radius 1 is 1.12 bits per heavy atom. The van der Waals surface area contributed by atoms with Crippen molar-refractivity contribution in [1.29, 1.82) is 0 Å². The fourth-order valence-electron chi connectivity index (χ4n) is 3.34. The molecule has 1 aliphatic carbocycles. The van der Waals surface area contributed by atoms with Crippen LogP contribution in [0, 0.1) is 0 Å². The Balaban J connectivity index is 1.80. The second kappa shape index (κ2) is 11.7. The van der Waals surface area contributed by atoms with E-state index >= 15 is 0 Å². The summed E-state index contributed by atoms with van der Waals surface area (Å²) >= 11 is 0. The van der Waals surface area contributed by atoms with E-state index in [9.17, 15) is 13.2 Å². The molecule has 0 atom stereocenters. The molecule has 11 heteroatoms. The van der Waals surface area contributed by atoms with Crippen molar-refractivity contribution < 1.29 is 27.5 Å². The van der Waals surface area contributed by atoms with E-state index < -0.39 is 15.7 Å². The highest BCUT2D eigenvalue weighted by Crippen LogP contribution is 2.22. The summed E-state index contributed by atoms with van der Waals surface area (Å²) in [6, 6.07) is 6.00. The van der Waals surface area contributed by atoms with Gasteiger partial charge < -0.3 is 19.6 Å². The number of hydrogen-bond acceptors (Lipinski definition) is 9. The number of aromatic nitrogens is 2. The predicted molar refractivity (Wildman–Crippen MR) is 122 cm³/mol. The van der Waals surface area contributed by atoms with Crippen molar-refractivity contribution in [2.75, 3.05) is 31.9 Å². The molecule has 1 N–H and O–H groups in total. The number of carbonyl (C=O) groups is 1. The van der Waals surface area contributed by atoms with Gasteiger partial charge in [-0.1, -0.05) is 17.3 Å². The van der Waals surface area contributed by atoms with Crippen molar-refractivity contribution in [2.45, 2.75) is 43.1 Å². The summed E-state index contributed by atoms with van der Waals surface area (Å²) in [5, 5.41) is 6.76. The van der Waals surface area contributed by atoms with E-state index in [1.807, 2.05) is 0 Å². The summed E-state index contributed by atoms with van der Waals surface area (Å²) in [6.07, 6.45) is 6.95. The molecule has 1 fully saturated rings. The van der Waals surface area contributed by atoms with E-state index in [4.69, 9.17) is 14.3 Å². The molecule has 10 nitrogen and oxygen atoms in total. The lowest BCUT2D eigenvalue weighted by Crippen LogP contribution is -2.25. The molecule has 1 saturated carbocycles. The normalized spacial score (nSPS) is 14.8. The van der Waals surface area contributed by atoms with Gasteiger partial charge in [0.15, 0.2) is 21.4 Å². The number of oxime groups is 1. The Bertz CT molecular complexity index is 1050. The minimum absolute atomic E-state index is 0.0165. The van der Waals surface area contributed by atoms with Crippen molar-refractivity contribution in [3.63, 3.8) is 0 Å². The zero-order valence-corrected chi connectivity index (χ0v) is 19.5. The van der Waals surface area contributed by atoms with Gasteiger partial charge in [-0.2, -0.15) is 0 Å².